The van der Waals surface area contributed by atoms with Gasteiger partial charge in [0.25, 0.3) is 0 Å². The van der Waals surface area contributed by atoms with Crippen LogP contribution >= 0.6 is 27.3 Å². The second-order valence-electron chi connectivity index (χ2n) is 4.88. The van der Waals surface area contributed by atoms with Gasteiger partial charge in [0.15, 0.2) is 0 Å². The molecule has 1 fully saturated rings. The normalized spacial score (nSPS) is 16.7. The molecular formula is C14H16BrN3S. The number of nitrogens with one attached hydrogen (secondary N) is 1. The zero-order valence-electron chi connectivity index (χ0n) is 10.8. The summed E-state index contributed by atoms with van der Waals surface area (Å²) in [5.74, 6) is 1.52. The van der Waals surface area contributed by atoms with Crippen LogP contribution in [0, 0.1) is 6.92 Å². The Bertz CT molecular complexity index is 576. The lowest BCUT2D eigenvalue weighted by Gasteiger charge is -2.21. The van der Waals surface area contributed by atoms with Crippen molar-refractivity contribution >= 4 is 27.3 Å². The molecule has 0 aromatic carbocycles. The third kappa shape index (κ3) is 3.04. The van der Waals surface area contributed by atoms with Crippen LogP contribution in [0.15, 0.2) is 22.0 Å². The van der Waals surface area contributed by atoms with Gasteiger partial charge in [-0.2, -0.15) is 0 Å². The Kier molecular flexibility index (Phi) is 3.96. The number of hydrogen-bond acceptors (Lipinski definition) is 4. The second kappa shape index (κ2) is 5.69. The fourth-order valence-electron chi connectivity index (χ4n) is 2.43. The van der Waals surface area contributed by atoms with Gasteiger partial charge in [-0.3, -0.25) is 0 Å². The van der Waals surface area contributed by atoms with Crippen molar-refractivity contribution in [3.8, 4) is 10.6 Å². The molecule has 1 aliphatic heterocycles. The smallest absolute Gasteiger partial charge is 0.132 e. The molecule has 0 atom stereocenters. The highest BCUT2D eigenvalue weighted by molar-refractivity contribution is 9.11. The van der Waals surface area contributed by atoms with Gasteiger partial charge >= 0.3 is 0 Å². The van der Waals surface area contributed by atoms with Crippen molar-refractivity contribution in [1.82, 2.24) is 15.3 Å². The summed E-state index contributed by atoms with van der Waals surface area (Å²) in [6.45, 7) is 4.20. The number of aromatic nitrogens is 2. The van der Waals surface area contributed by atoms with Crippen LogP contribution < -0.4 is 5.32 Å². The average Bonchev–Trinajstić information content (AvgIpc) is 2.86. The number of rotatable bonds is 2. The van der Waals surface area contributed by atoms with Gasteiger partial charge in [-0.25, -0.2) is 9.97 Å². The quantitative estimate of drug-likeness (QED) is 0.906. The van der Waals surface area contributed by atoms with Crippen LogP contribution in [-0.2, 0) is 0 Å². The summed E-state index contributed by atoms with van der Waals surface area (Å²) in [5.41, 5.74) is 2.11. The maximum absolute atomic E-state index is 4.79. The van der Waals surface area contributed by atoms with Crippen LogP contribution in [0.1, 0.15) is 30.3 Å². The van der Waals surface area contributed by atoms with Gasteiger partial charge in [0.2, 0.25) is 0 Å². The fourth-order valence-corrected chi connectivity index (χ4v) is 3.78. The van der Waals surface area contributed by atoms with Gasteiger partial charge < -0.3 is 5.32 Å². The lowest BCUT2D eigenvalue weighted by Crippen LogP contribution is -2.27. The van der Waals surface area contributed by atoms with Crippen molar-refractivity contribution in [1.29, 1.82) is 0 Å². The Balaban J connectivity index is 1.95. The van der Waals surface area contributed by atoms with E-state index in [0.717, 1.165) is 46.9 Å². The monoisotopic (exact) mass is 337 g/mol. The summed E-state index contributed by atoms with van der Waals surface area (Å²) in [7, 11) is 0. The van der Waals surface area contributed by atoms with E-state index in [4.69, 9.17) is 4.98 Å². The third-order valence-corrected chi connectivity index (χ3v) is 5.05. The SMILES string of the molecule is Cc1cc(-c2ccc(Br)s2)nc(C2CCNCC2)n1. The van der Waals surface area contributed by atoms with E-state index in [2.05, 4.69) is 51.4 Å². The van der Waals surface area contributed by atoms with Crippen molar-refractivity contribution in [2.45, 2.75) is 25.7 Å². The molecule has 0 radical (unpaired) electrons. The highest BCUT2D eigenvalue weighted by atomic mass is 79.9. The minimum Gasteiger partial charge on any atom is -0.317 e. The van der Waals surface area contributed by atoms with E-state index in [0.29, 0.717) is 5.92 Å². The molecule has 0 saturated carbocycles. The summed E-state index contributed by atoms with van der Waals surface area (Å²) in [5, 5.41) is 3.39. The van der Waals surface area contributed by atoms with Crippen LogP contribution in [-0.4, -0.2) is 23.1 Å². The highest BCUT2D eigenvalue weighted by Crippen LogP contribution is 2.31. The first kappa shape index (κ1) is 13.2. The molecule has 0 bridgehead atoms. The van der Waals surface area contributed by atoms with E-state index in [1.165, 1.54) is 4.88 Å². The van der Waals surface area contributed by atoms with Crippen molar-refractivity contribution in [3.05, 3.63) is 33.5 Å². The Hall–Kier alpha value is -0.780. The topological polar surface area (TPSA) is 37.8 Å². The zero-order chi connectivity index (χ0) is 13.2. The fraction of sp³-hybridized carbons (Fsp3) is 0.429. The van der Waals surface area contributed by atoms with Gasteiger partial charge in [0.1, 0.15) is 5.82 Å². The molecule has 1 aliphatic rings. The summed E-state index contributed by atoms with van der Waals surface area (Å²) in [6, 6.07) is 6.26. The highest BCUT2D eigenvalue weighted by Gasteiger charge is 2.19. The number of piperidine rings is 1. The molecule has 3 heterocycles. The summed E-state index contributed by atoms with van der Waals surface area (Å²) in [4.78, 5) is 10.6. The van der Waals surface area contributed by atoms with Gasteiger partial charge in [0.05, 0.1) is 14.4 Å². The number of hydrogen-bond donors (Lipinski definition) is 1. The first-order valence-electron chi connectivity index (χ1n) is 6.54. The molecule has 5 heteroatoms. The van der Waals surface area contributed by atoms with Crippen molar-refractivity contribution in [2.75, 3.05) is 13.1 Å². The molecule has 1 saturated heterocycles. The van der Waals surface area contributed by atoms with Crippen molar-refractivity contribution in [2.24, 2.45) is 0 Å². The van der Waals surface area contributed by atoms with E-state index in [-0.39, 0.29) is 0 Å². The number of nitrogens with zero attached hydrogens (tertiary/aromatic N) is 2. The average molecular weight is 338 g/mol. The first-order chi connectivity index (χ1) is 9.22. The Morgan fingerprint density at radius 1 is 1.26 bits per heavy atom. The molecule has 0 unspecified atom stereocenters. The Morgan fingerprint density at radius 2 is 2.05 bits per heavy atom. The summed E-state index contributed by atoms with van der Waals surface area (Å²) >= 11 is 5.23. The third-order valence-electron chi connectivity index (χ3n) is 3.40. The van der Waals surface area contributed by atoms with E-state index in [9.17, 15) is 0 Å². The van der Waals surface area contributed by atoms with Crippen LogP contribution in [0.4, 0.5) is 0 Å². The maximum Gasteiger partial charge on any atom is 0.132 e. The maximum atomic E-state index is 4.79. The molecule has 0 spiro atoms. The van der Waals surface area contributed by atoms with E-state index < -0.39 is 0 Å². The predicted molar refractivity (Wildman–Crippen MR) is 82.6 cm³/mol. The van der Waals surface area contributed by atoms with E-state index in [1.807, 2.05) is 0 Å². The molecule has 100 valence electrons. The standard InChI is InChI=1S/C14H16BrN3S/c1-9-8-11(12-2-3-13(15)19-12)18-14(17-9)10-4-6-16-7-5-10/h2-3,8,10,16H,4-7H2,1H3. The van der Waals surface area contributed by atoms with E-state index in [1.54, 1.807) is 11.3 Å². The molecule has 3 rings (SSSR count). The number of aryl methyl sites for hydroxylation is 1. The molecule has 2 aromatic heterocycles. The number of halogens is 1. The largest absolute Gasteiger partial charge is 0.317 e. The Morgan fingerprint density at radius 3 is 2.74 bits per heavy atom. The predicted octanol–water partition coefficient (Wildman–Crippen LogP) is 3.74. The zero-order valence-corrected chi connectivity index (χ0v) is 13.2. The van der Waals surface area contributed by atoms with Crippen LogP contribution in [0.25, 0.3) is 10.6 Å². The van der Waals surface area contributed by atoms with Gasteiger partial charge in [-0.1, -0.05) is 0 Å². The van der Waals surface area contributed by atoms with Crippen molar-refractivity contribution < 1.29 is 0 Å². The number of thiophene rings is 1. The second-order valence-corrected chi connectivity index (χ2v) is 7.34. The van der Waals surface area contributed by atoms with Crippen LogP contribution in [0.2, 0.25) is 0 Å². The molecule has 1 N–H and O–H groups in total. The Labute approximate surface area is 125 Å². The minimum atomic E-state index is 0.503. The minimum absolute atomic E-state index is 0.503. The van der Waals surface area contributed by atoms with Gasteiger partial charge in [-0.15, -0.1) is 11.3 Å². The molecule has 2 aromatic rings. The van der Waals surface area contributed by atoms with Gasteiger partial charge in [-0.05, 0) is 67.0 Å². The molecule has 0 aliphatic carbocycles. The van der Waals surface area contributed by atoms with Crippen LogP contribution in [0.3, 0.4) is 0 Å². The van der Waals surface area contributed by atoms with E-state index >= 15 is 0 Å². The molecular weight excluding hydrogens is 322 g/mol. The molecule has 3 nitrogen and oxygen atoms in total. The molecule has 19 heavy (non-hydrogen) atoms. The lowest BCUT2D eigenvalue weighted by atomic mass is 9.97. The molecule has 0 amide bonds. The lowest BCUT2D eigenvalue weighted by molar-refractivity contribution is 0.444. The summed E-state index contributed by atoms with van der Waals surface area (Å²) in [6.07, 6.45) is 2.27. The summed E-state index contributed by atoms with van der Waals surface area (Å²) < 4.78 is 1.14. The van der Waals surface area contributed by atoms with Gasteiger partial charge in [0, 0.05) is 11.6 Å². The van der Waals surface area contributed by atoms with Crippen LogP contribution in [0.5, 0.6) is 0 Å². The first-order valence-corrected chi connectivity index (χ1v) is 8.15. The van der Waals surface area contributed by atoms with Crippen molar-refractivity contribution in [3.63, 3.8) is 0 Å².